The van der Waals surface area contributed by atoms with Crippen molar-refractivity contribution in [2.75, 3.05) is 13.2 Å². The fourth-order valence-corrected chi connectivity index (χ4v) is 4.41. The van der Waals surface area contributed by atoms with Crippen LogP contribution in [0, 0.1) is 0 Å². The molecule has 0 aliphatic rings. The molecule has 4 rings (SSSR count). The van der Waals surface area contributed by atoms with Crippen molar-refractivity contribution in [2.45, 2.75) is 39.7 Å². The third-order valence-electron chi connectivity index (χ3n) is 6.01. The van der Waals surface area contributed by atoms with Gasteiger partial charge < -0.3 is 9.64 Å². The van der Waals surface area contributed by atoms with E-state index in [0.29, 0.717) is 47.6 Å². The van der Waals surface area contributed by atoms with E-state index >= 15 is 0 Å². The van der Waals surface area contributed by atoms with E-state index in [9.17, 15) is 9.59 Å². The van der Waals surface area contributed by atoms with E-state index in [1.54, 1.807) is 10.6 Å². The van der Waals surface area contributed by atoms with Gasteiger partial charge in [-0.3, -0.25) is 14.2 Å². The van der Waals surface area contributed by atoms with E-state index < -0.39 is 0 Å². The molecule has 6 heteroatoms. The van der Waals surface area contributed by atoms with Crippen molar-refractivity contribution in [3.05, 3.63) is 101 Å². The molecule has 0 aliphatic carbocycles. The molecule has 35 heavy (non-hydrogen) atoms. The van der Waals surface area contributed by atoms with E-state index in [4.69, 9.17) is 9.72 Å². The lowest BCUT2D eigenvalue weighted by Crippen LogP contribution is -2.39. The lowest BCUT2D eigenvalue weighted by Gasteiger charge is -2.32. The largest absolute Gasteiger partial charge is 0.494 e. The van der Waals surface area contributed by atoms with Gasteiger partial charge in [0, 0.05) is 12.1 Å². The normalized spacial score (nSPS) is 11.9. The number of carbonyl (C=O) groups excluding carboxylic acids is 1. The average molecular weight is 470 g/mol. The first-order valence-corrected chi connectivity index (χ1v) is 12.2. The SMILES string of the molecule is CCCN(C(=O)c1ccccc1)C(CC)c1nc2ccccc2c(=O)n1-c1ccc(OCC)cc1. The standard InChI is InChI=1S/C29H31N3O3/c1-4-20-31(28(33)21-12-8-7-9-13-21)26(5-2)27-30-25-15-11-10-14-24(25)29(34)32(27)22-16-18-23(19-17-22)35-6-3/h7-19,26H,4-6,20H2,1-3H3. The Morgan fingerprint density at radius 2 is 1.63 bits per heavy atom. The van der Waals surface area contributed by atoms with Gasteiger partial charge in [0.05, 0.1) is 29.2 Å². The summed E-state index contributed by atoms with van der Waals surface area (Å²) in [5.74, 6) is 1.22. The molecule has 1 amide bonds. The zero-order valence-corrected chi connectivity index (χ0v) is 20.5. The molecular weight excluding hydrogens is 438 g/mol. The Bertz CT molecular complexity index is 1350. The van der Waals surface area contributed by atoms with Crippen molar-refractivity contribution >= 4 is 16.8 Å². The number of carbonyl (C=O) groups is 1. The summed E-state index contributed by atoms with van der Waals surface area (Å²) in [6, 6.07) is 23.7. The van der Waals surface area contributed by atoms with Gasteiger partial charge in [0.15, 0.2) is 0 Å². The van der Waals surface area contributed by atoms with Crippen LogP contribution in [0.2, 0.25) is 0 Å². The minimum Gasteiger partial charge on any atom is -0.494 e. The Hall–Kier alpha value is -3.93. The van der Waals surface area contributed by atoms with Crippen LogP contribution in [-0.2, 0) is 0 Å². The summed E-state index contributed by atoms with van der Waals surface area (Å²) < 4.78 is 7.24. The first kappa shape index (κ1) is 24.2. The molecule has 1 heterocycles. The van der Waals surface area contributed by atoms with E-state index in [1.807, 2.05) is 98.5 Å². The number of aromatic nitrogens is 2. The highest BCUT2D eigenvalue weighted by Crippen LogP contribution is 2.28. The maximum absolute atomic E-state index is 13.8. The van der Waals surface area contributed by atoms with Crippen molar-refractivity contribution in [3.63, 3.8) is 0 Å². The summed E-state index contributed by atoms with van der Waals surface area (Å²) in [7, 11) is 0. The molecule has 0 bridgehead atoms. The van der Waals surface area contributed by atoms with Crippen LogP contribution in [0.4, 0.5) is 0 Å². The van der Waals surface area contributed by atoms with Gasteiger partial charge in [-0.15, -0.1) is 0 Å². The zero-order valence-electron chi connectivity index (χ0n) is 20.5. The van der Waals surface area contributed by atoms with Gasteiger partial charge in [-0.25, -0.2) is 4.98 Å². The quantitative estimate of drug-likeness (QED) is 0.311. The van der Waals surface area contributed by atoms with Gasteiger partial charge in [-0.2, -0.15) is 0 Å². The van der Waals surface area contributed by atoms with Crippen molar-refractivity contribution in [2.24, 2.45) is 0 Å². The molecule has 0 spiro atoms. The fraction of sp³-hybridized carbons (Fsp3) is 0.276. The number of amides is 1. The molecule has 3 aromatic carbocycles. The molecule has 0 saturated heterocycles. The summed E-state index contributed by atoms with van der Waals surface area (Å²) in [6.45, 7) is 7.12. The number of fused-ring (bicyclic) bond motifs is 1. The molecular formula is C29H31N3O3. The van der Waals surface area contributed by atoms with Gasteiger partial charge in [0.1, 0.15) is 11.6 Å². The van der Waals surface area contributed by atoms with Crippen LogP contribution in [0.1, 0.15) is 55.8 Å². The van der Waals surface area contributed by atoms with Crippen LogP contribution in [0.3, 0.4) is 0 Å². The number of benzene rings is 3. The molecule has 0 N–H and O–H groups in total. The van der Waals surface area contributed by atoms with E-state index in [0.717, 1.165) is 12.2 Å². The van der Waals surface area contributed by atoms with Crippen LogP contribution in [0.15, 0.2) is 83.7 Å². The molecule has 0 saturated carbocycles. The van der Waals surface area contributed by atoms with Crippen LogP contribution in [-0.4, -0.2) is 33.5 Å². The smallest absolute Gasteiger partial charge is 0.266 e. The molecule has 1 unspecified atom stereocenters. The van der Waals surface area contributed by atoms with E-state index in [2.05, 4.69) is 0 Å². The monoisotopic (exact) mass is 469 g/mol. The molecule has 180 valence electrons. The summed E-state index contributed by atoms with van der Waals surface area (Å²) in [5, 5.41) is 0.538. The van der Waals surface area contributed by atoms with Crippen LogP contribution < -0.4 is 10.3 Å². The lowest BCUT2D eigenvalue weighted by atomic mass is 10.1. The van der Waals surface area contributed by atoms with Crippen molar-refractivity contribution < 1.29 is 9.53 Å². The second kappa shape index (κ2) is 11.0. The third-order valence-corrected chi connectivity index (χ3v) is 6.01. The number of rotatable bonds is 9. The van der Waals surface area contributed by atoms with Gasteiger partial charge in [0.2, 0.25) is 0 Å². The third kappa shape index (κ3) is 4.97. The zero-order chi connectivity index (χ0) is 24.8. The van der Waals surface area contributed by atoms with Crippen molar-refractivity contribution in [3.8, 4) is 11.4 Å². The van der Waals surface area contributed by atoms with Crippen molar-refractivity contribution in [1.82, 2.24) is 14.5 Å². The molecule has 6 nitrogen and oxygen atoms in total. The molecule has 1 aromatic heterocycles. The number of ether oxygens (including phenoxy) is 1. The Labute approximate surface area is 205 Å². The summed E-state index contributed by atoms with van der Waals surface area (Å²) in [4.78, 5) is 34.2. The summed E-state index contributed by atoms with van der Waals surface area (Å²) in [6.07, 6.45) is 1.40. The average Bonchev–Trinajstić information content (AvgIpc) is 2.90. The first-order chi connectivity index (χ1) is 17.1. The Morgan fingerprint density at radius 1 is 0.943 bits per heavy atom. The maximum atomic E-state index is 13.8. The Kier molecular flexibility index (Phi) is 7.60. The highest BCUT2D eigenvalue weighted by Gasteiger charge is 2.29. The summed E-state index contributed by atoms with van der Waals surface area (Å²) >= 11 is 0. The number of hydrogen-bond acceptors (Lipinski definition) is 4. The van der Waals surface area contributed by atoms with E-state index in [1.165, 1.54) is 0 Å². The predicted molar refractivity (Wildman–Crippen MR) is 139 cm³/mol. The minimum atomic E-state index is -0.383. The van der Waals surface area contributed by atoms with Gasteiger partial charge in [0.25, 0.3) is 11.5 Å². The molecule has 4 aromatic rings. The molecule has 0 aliphatic heterocycles. The number of para-hydroxylation sites is 1. The van der Waals surface area contributed by atoms with Gasteiger partial charge in [-0.1, -0.05) is 44.2 Å². The highest BCUT2D eigenvalue weighted by molar-refractivity contribution is 5.94. The van der Waals surface area contributed by atoms with Crippen molar-refractivity contribution in [1.29, 1.82) is 0 Å². The number of hydrogen-bond donors (Lipinski definition) is 0. The highest BCUT2D eigenvalue weighted by atomic mass is 16.5. The second-order valence-electron chi connectivity index (χ2n) is 8.34. The van der Waals surface area contributed by atoms with Crippen LogP contribution >= 0.6 is 0 Å². The topological polar surface area (TPSA) is 64.4 Å². The lowest BCUT2D eigenvalue weighted by molar-refractivity contribution is 0.0659. The first-order valence-electron chi connectivity index (χ1n) is 12.2. The Morgan fingerprint density at radius 3 is 2.29 bits per heavy atom. The summed E-state index contributed by atoms with van der Waals surface area (Å²) in [5.41, 5.74) is 1.78. The van der Waals surface area contributed by atoms with Crippen LogP contribution in [0.5, 0.6) is 5.75 Å². The molecule has 0 radical (unpaired) electrons. The van der Waals surface area contributed by atoms with Gasteiger partial charge >= 0.3 is 0 Å². The maximum Gasteiger partial charge on any atom is 0.266 e. The van der Waals surface area contributed by atoms with Gasteiger partial charge in [-0.05, 0) is 68.3 Å². The molecule has 1 atom stereocenters. The Balaban J connectivity index is 1.91. The fourth-order valence-electron chi connectivity index (χ4n) is 4.41. The second-order valence-corrected chi connectivity index (χ2v) is 8.34. The predicted octanol–water partition coefficient (Wildman–Crippen LogP) is 5.79. The van der Waals surface area contributed by atoms with Crippen LogP contribution in [0.25, 0.3) is 16.6 Å². The minimum absolute atomic E-state index is 0.0695. The van der Waals surface area contributed by atoms with E-state index in [-0.39, 0.29) is 17.5 Å². The molecule has 0 fully saturated rings. The number of nitrogens with zero attached hydrogens (tertiary/aromatic N) is 3.